The van der Waals surface area contributed by atoms with E-state index in [4.69, 9.17) is 19.2 Å². The highest BCUT2D eigenvalue weighted by Gasteiger charge is 2.28. The lowest BCUT2D eigenvalue weighted by atomic mass is 10.0. The second-order valence-corrected chi connectivity index (χ2v) is 10.2. The van der Waals surface area contributed by atoms with Crippen LogP contribution in [0.2, 0.25) is 0 Å². The van der Waals surface area contributed by atoms with Crippen LogP contribution >= 0.6 is 27.3 Å². The quantitative estimate of drug-likeness (QED) is 0.157. The molecular formula is C28H29BrN2O4S. The lowest BCUT2D eigenvalue weighted by molar-refractivity contribution is 0.0526. The van der Waals surface area contributed by atoms with Crippen molar-refractivity contribution in [3.05, 3.63) is 86.7 Å². The summed E-state index contributed by atoms with van der Waals surface area (Å²) in [6, 6.07) is 14.2. The smallest absolute Gasteiger partial charge is 0.341 e. The van der Waals surface area contributed by atoms with Crippen LogP contribution in [0.3, 0.4) is 0 Å². The summed E-state index contributed by atoms with van der Waals surface area (Å²) in [6.45, 7) is 8.74. The molecule has 2 heterocycles. The van der Waals surface area contributed by atoms with E-state index < -0.39 is 0 Å². The fourth-order valence-corrected chi connectivity index (χ4v) is 5.95. The van der Waals surface area contributed by atoms with Crippen LogP contribution in [0.25, 0.3) is 0 Å². The molecule has 0 N–H and O–H groups in total. The van der Waals surface area contributed by atoms with Gasteiger partial charge in [-0.1, -0.05) is 43.0 Å². The molecule has 0 spiro atoms. The monoisotopic (exact) mass is 568 g/mol. The van der Waals surface area contributed by atoms with Crippen LogP contribution in [-0.2, 0) is 24.2 Å². The number of thiophene rings is 1. The topological polar surface area (TPSA) is 60.4 Å². The fraction of sp³-hybridized carbons (Fsp3) is 0.286. The van der Waals surface area contributed by atoms with Crippen molar-refractivity contribution in [1.29, 1.82) is 0 Å². The highest BCUT2D eigenvalue weighted by atomic mass is 79.9. The number of halogens is 1. The van der Waals surface area contributed by atoms with E-state index in [1.54, 1.807) is 30.7 Å². The second kappa shape index (κ2) is 12.3. The van der Waals surface area contributed by atoms with Crippen LogP contribution < -0.4 is 9.47 Å². The fourth-order valence-electron chi connectivity index (χ4n) is 4.15. The van der Waals surface area contributed by atoms with E-state index in [1.807, 2.05) is 25.1 Å². The first kappa shape index (κ1) is 26.1. The highest BCUT2D eigenvalue weighted by molar-refractivity contribution is 9.10. The average Bonchev–Trinajstić information content (AvgIpc) is 3.25. The molecule has 188 valence electrons. The van der Waals surface area contributed by atoms with E-state index in [1.165, 1.54) is 10.4 Å². The molecule has 0 unspecified atom stereocenters. The molecule has 1 aliphatic rings. The molecule has 0 atom stereocenters. The van der Waals surface area contributed by atoms with Crippen molar-refractivity contribution in [3.63, 3.8) is 0 Å². The molecule has 0 amide bonds. The molecule has 0 bridgehead atoms. The Morgan fingerprint density at radius 1 is 1.28 bits per heavy atom. The zero-order valence-corrected chi connectivity index (χ0v) is 22.9. The molecule has 0 saturated carbocycles. The Morgan fingerprint density at radius 2 is 2.08 bits per heavy atom. The number of methoxy groups -OCH3 is 1. The number of rotatable bonds is 10. The van der Waals surface area contributed by atoms with Gasteiger partial charge in [0.05, 0.1) is 23.8 Å². The van der Waals surface area contributed by atoms with Crippen molar-refractivity contribution in [3.8, 4) is 11.5 Å². The zero-order valence-electron chi connectivity index (χ0n) is 20.5. The Morgan fingerprint density at radius 3 is 2.81 bits per heavy atom. The van der Waals surface area contributed by atoms with Crippen molar-refractivity contribution in [2.45, 2.75) is 26.4 Å². The molecule has 3 aromatic rings. The van der Waals surface area contributed by atoms with E-state index in [0.29, 0.717) is 35.3 Å². The first-order chi connectivity index (χ1) is 17.5. The van der Waals surface area contributed by atoms with Gasteiger partial charge in [-0.05, 0) is 58.1 Å². The molecule has 2 aromatic carbocycles. The third-order valence-corrected chi connectivity index (χ3v) is 7.49. The minimum Gasteiger partial charge on any atom is -0.493 e. The molecule has 0 fully saturated rings. The average molecular weight is 570 g/mol. The summed E-state index contributed by atoms with van der Waals surface area (Å²) >= 11 is 5.11. The number of carbonyl (C=O) groups is 1. The van der Waals surface area contributed by atoms with Gasteiger partial charge in [-0.3, -0.25) is 4.90 Å². The van der Waals surface area contributed by atoms with Crippen molar-refractivity contribution in [1.82, 2.24) is 4.90 Å². The normalized spacial score (nSPS) is 13.4. The number of fused-ring (bicyclic) bond motifs is 1. The lowest BCUT2D eigenvalue weighted by Gasteiger charge is -2.27. The van der Waals surface area contributed by atoms with Gasteiger partial charge in [0.2, 0.25) is 0 Å². The van der Waals surface area contributed by atoms with Crippen LogP contribution in [0.1, 0.15) is 38.8 Å². The van der Waals surface area contributed by atoms with Gasteiger partial charge in [0.1, 0.15) is 11.6 Å². The van der Waals surface area contributed by atoms with Gasteiger partial charge in [-0.15, -0.1) is 11.3 Å². The van der Waals surface area contributed by atoms with Crippen LogP contribution in [0.5, 0.6) is 11.5 Å². The summed E-state index contributed by atoms with van der Waals surface area (Å²) in [5.74, 6) is 0.873. The van der Waals surface area contributed by atoms with Crippen molar-refractivity contribution in [2.75, 3.05) is 26.9 Å². The van der Waals surface area contributed by atoms with Crippen LogP contribution in [0, 0.1) is 0 Å². The molecule has 8 heteroatoms. The maximum Gasteiger partial charge on any atom is 0.341 e. The van der Waals surface area contributed by atoms with E-state index in [2.05, 4.69) is 51.7 Å². The van der Waals surface area contributed by atoms with Crippen LogP contribution in [0.4, 0.5) is 5.00 Å². The van der Waals surface area contributed by atoms with Gasteiger partial charge in [-0.2, -0.15) is 0 Å². The summed E-state index contributed by atoms with van der Waals surface area (Å²) in [5, 5.41) is 0.669. The predicted octanol–water partition coefficient (Wildman–Crippen LogP) is 6.57. The summed E-state index contributed by atoms with van der Waals surface area (Å²) in [5.41, 5.74) is 3.74. The molecule has 0 aliphatic carbocycles. The second-order valence-electron chi connectivity index (χ2n) is 8.24. The lowest BCUT2D eigenvalue weighted by Crippen LogP contribution is -2.29. The third kappa shape index (κ3) is 6.06. The van der Waals surface area contributed by atoms with Crippen LogP contribution in [-0.4, -0.2) is 44.0 Å². The summed E-state index contributed by atoms with van der Waals surface area (Å²) in [4.78, 5) is 21.2. The maximum atomic E-state index is 12.9. The Balaban J connectivity index is 1.62. The first-order valence-electron chi connectivity index (χ1n) is 11.8. The Hall–Kier alpha value is -2.94. The molecule has 0 saturated heterocycles. The van der Waals surface area contributed by atoms with Gasteiger partial charge in [0, 0.05) is 30.7 Å². The van der Waals surface area contributed by atoms with Crippen LogP contribution in [0.15, 0.2) is 64.6 Å². The predicted molar refractivity (Wildman–Crippen MR) is 148 cm³/mol. The van der Waals surface area contributed by atoms with E-state index in [9.17, 15) is 4.79 Å². The third-order valence-electron chi connectivity index (χ3n) is 5.77. The molecular weight excluding hydrogens is 540 g/mol. The number of hydrogen-bond acceptors (Lipinski definition) is 7. The van der Waals surface area contributed by atoms with Gasteiger partial charge in [-0.25, -0.2) is 9.79 Å². The number of carbonyl (C=O) groups excluding carboxylic acids is 1. The maximum absolute atomic E-state index is 12.9. The Labute approximate surface area is 224 Å². The van der Waals surface area contributed by atoms with Gasteiger partial charge in [0.25, 0.3) is 0 Å². The minimum absolute atomic E-state index is 0.314. The molecule has 1 aromatic heterocycles. The highest BCUT2D eigenvalue weighted by Crippen LogP contribution is 2.40. The van der Waals surface area contributed by atoms with E-state index >= 15 is 0 Å². The Bertz CT molecular complexity index is 1260. The van der Waals surface area contributed by atoms with Gasteiger partial charge >= 0.3 is 5.97 Å². The van der Waals surface area contributed by atoms with Gasteiger partial charge in [0.15, 0.2) is 11.5 Å². The minimum atomic E-state index is -0.314. The number of nitrogens with zero attached hydrogens (tertiary/aromatic N) is 2. The van der Waals surface area contributed by atoms with E-state index in [0.717, 1.165) is 41.7 Å². The number of ether oxygens (including phenoxy) is 3. The standard InChI is InChI=1S/C28H29BrN2O4S/c1-4-13-35-26-22(29)14-20(15-23(26)33-3)16-30-27-25(28(32)34-5-2)21-11-12-31(18-24(21)36-27)17-19-9-7-6-8-10-19/h4,6-10,14-16H,1,5,11-13,17-18H2,2-3H3. The number of benzene rings is 2. The largest absolute Gasteiger partial charge is 0.493 e. The summed E-state index contributed by atoms with van der Waals surface area (Å²) in [6.07, 6.45) is 4.21. The van der Waals surface area contributed by atoms with Crippen molar-refractivity contribution >= 4 is 44.5 Å². The molecule has 1 aliphatic heterocycles. The first-order valence-corrected chi connectivity index (χ1v) is 13.4. The molecule has 6 nitrogen and oxygen atoms in total. The molecule has 0 radical (unpaired) electrons. The SMILES string of the molecule is C=CCOc1c(Br)cc(C=Nc2sc3c(c2C(=O)OCC)CCN(Cc2ccccc2)C3)cc1OC. The Kier molecular flexibility index (Phi) is 8.96. The molecule has 4 rings (SSSR count). The summed E-state index contributed by atoms with van der Waals surface area (Å²) in [7, 11) is 1.59. The summed E-state index contributed by atoms with van der Waals surface area (Å²) < 4.78 is 17.4. The number of esters is 1. The molecule has 36 heavy (non-hydrogen) atoms. The van der Waals surface area contributed by atoms with Crippen molar-refractivity contribution < 1.29 is 19.0 Å². The van der Waals surface area contributed by atoms with Gasteiger partial charge < -0.3 is 14.2 Å². The number of hydrogen-bond donors (Lipinski definition) is 0. The zero-order chi connectivity index (χ0) is 25.5. The van der Waals surface area contributed by atoms with Crippen molar-refractivity contribution in [2.24, 2.45) is 4.99 Å². The number of aliphatic imine (C=N–C) groups is 1. The van der Waals surface area contributed by atoms with E-state index in [-0.39, 0.29) is 5.97 Å².